The predicted octanol–water partition coefficient (Wildman–Crippen LogP) is 3.94. The number of anilines is 1. The summed E-state index contributed by atoms with van der Waals surface area (Å²) in [6.07, 6.45) is 3.03. The summed E-state index contributed by atoms with van der Waals surface area (Å²) in [4.78, 5) is 12.5. The smallest absolute Gasteiger partial charge is 0.251 e. The van der Waals surface area contributed by atoms with Gasteiger partial charge in [-0.05, 0) is 42.3 Å². The highest BCUT2D eigenvalue weighted by Crippen LogP contribution is 2.23. The molecule has 2 rings (SSSR count). The first kappa shape index (κ1) is 16.9. The lowest BCUT2D eigenvalue weighted by atomic mass is 10.0. The summed E-state index contributed by atoms with van der Waals surface area (Å²) in [5, 5.41) is 3.11. The van der Waals surface area contributed by atoms with Crippen LogP contribution in [0.2, 0.25) is 0 Å². The fourth-order valence-corrected chi connectivity index (χ4v) is 2.49. The highest BCUT2D eigenvalue weighted by atomic mass is 16.5. The molecule has 0 fully saturated rings. The van der Waals surface area contributed by atoms with Crippen LogP contribution in [0.15, 0.2) is 48.5 Å². The van der Waals surface area contributed by atoms with E-state index in [4.69, 9.17) is 10.5 Å². The Morgan fingerprint density at radius 2 is 1.96 bits per heavy atom. The second-order valence-corrected chi connectivity index (χ2v) is 5.57. The first-order chi connectivity index (χ1) is 11.1. The standard InChI is InChI=1S/C19H24N2O2/c1-3-4-8-18(14-9-11-17(23-2)12-10-14)21-19(22)15-6-5-7-16(20)13-15/h5-7,9-13,18H,3-4,8,20H2,1-2H3,(H,21,22). The number of rotatable bonds is 7. The number of methoxy groups -OCH3 is 1. The molecule has 0 bridgehead atoms. The van der Waals surface area contributed by atoms with Crippen LogP contribution in [0.4, 0.5) is 5.69 Å². The van der Waals surface area contributed by atoms with Crippen LogP contribution in [-0.4, -0.2) is 13.0 Å². The van der Waals surface area contributed by atoms with Crippen molar-refractivity contribution in [3.05, 3.63) is 59.7 Å². The minimum absolute atomic E-state index is 0.0187. The Morgan fingerprint density at radius 1 is 1.22 bits per heavy atom. The van der Waals surface area contributed by atoms with Crippen LogP contribution in [0.5, 0.6) is 5.75 Å². The van der Waals surface area contributed by atoms with E-state index in [1.165, 1.54) is 0 Å². The van der Waals surface area contributed by atoms with Crippen LogP contribution < -0.4 is 15.8 Å². The molecule has 1 amide bonds. The summed E-state index contributed by atoms with van der Waals surface area (Å²) in [6, 6.07) is 14.8. The quantitative estimate of drug-likeness (QED) is 0.761. The van der Waals surface area contributed by atoms with Gasteiger partial charge in [-0.2, -0.15) is 0 Å². The third-order valence-corrected chi connectivity index (χ3v) is 3.82. The molecular formula is C19H24N2O2. The SMILES string of the molecule is CCCCC(NC(=O)c1cccc(N)c1)c1ccc(OC)cc1. The van der Waals surface area contributed by atoms with E-state index < -0.39 is 0 Å². The maximum Gasteiger partial charge on any atom is 0.251 e. The van der Waals surface area contributed by atoms with Gasteiger partial charge in [-0.25, -0.2) is 0 Å². The molecule has 0 aliphatic heterocycles. The van der Waals surface area contributed by atoms with Crippen molar-refractivity contribution in [1.82, 2.24) is 5.32 Å². The number of hydrogen-bond acceptors (Lipinski definition) is 3. The van der Waals surface area contributed by atoms with E-state index in [1.807, 2.05) is 24.3 Å². The molecule has 122 valence electrons. The second-order valence-electron chi connectivity index (χ2n) is 5.57. The van der Waals surface area contributed by atoms with Crippen molar-refractivity contribution >= 4 is 11.6 Å². The van der Waals surface area contributed by atoms with Gasteiger partial charge in [0.15, 0.2) is 0 Å². The minimum atomic E-state index is -0.103. The predicted molar refractivity (Wildman–Crippen MR) is 93.6 cm³/mol. The molecule has 1 atom stereocenters. The molecule has 4 heteroatoms. The van der Waals surface area contributed by atoms with Gasteiger partial charge in [0.1, 0.15) is 5.75 Å². The van der Waals surface area contributed by atoms with Crippen LogP contribution in [-0.2, 0) is 0 Å². The average Bonchev–Trinajstić information content (AvgIpc) is 2.58. The number of nitrogen functional groups attached to an aromatic ring is 1. The molecule has 2 aromatic rings. The zero-order valence-corrected chi connectivity index (χ0v) is 13.7. The van der Waals surface area contributed by atoms with Crippen LogP contribution in [0.25, 0.3) is 0 Å². The van der Waals surface area contributed by atoms with Crippen molar-refractivity contribution in [3.8, 4) is 5.75 Å². The molecule has 4 nitrogen and oxygen atoms in total. The van der Waals surface area contributed by atoms with Gasteiger partial charge >= 0.3 is 0 Å². The molecule has 0 aliphatic carbocycles. The van der Waals surface area contributed by atoms with E-state index in [2.05, 4.69) is 12.2 Å². The number of benzene rings is 2. The van der Waals surface area contributed by atoms with Crippen LogP contribution in [0.1, 0.15) is 48.1 Å². The van der Waals surface area contributed by atoms with E-state index in [0.29, 0.717) is 11.3 Å². The molecule has 23 heavy (non-hydrogen) atoms. The number of ether oxygens (including phenoxy) is 1. The number of nitrogens with two attached hydrogens (primary N) is 1. The lowest BCUT2D eigenvalue weighted by Gasteiger charge is -2.19. The highest BCUT2D eigenvalue weighted by molar-refractivity contribution is 5.95. The minimum Gasteiger partial charge on any atom is -0.497 e. The van der Waals surface area contributed by atoms with Crippen molar-refractivity contribution in [2.75, 3.05) is 12.8 Å². The largest absolute Gasteiger partial charge is 0.497 e. The summed E-state index contributed by atoms with van der Waals surface area (Å²) >= 11 is 0. The molecule has 0 saturated heterocycles. The average molecular weight is 312 g/mol. The van der Waals surface area contributed by atoms with Crippen LogP contribution in [0.3, 0.4) is 0 Å². The Morgan fingerprint density at radius 3 is 2.57 bits per heavy atom. The van der Waals surface area contributed by atoms with Gasteiger partial charge in [0.2, 0.25) is 0 Å². The maximum absolute atomic E-state index is 12.5. The molecule has 1 unspecified atom stereocenters. The Balaban J connectivity index is 2.15. The number of unbranched alkanes of at least 4 members (excludes halogenated alkanes) is 1. The Kier molecular flexibility index (Phi) is 6.03. The number of carbonyl (C=O) groups excluding carboxylic acids is 1. The van der Waals surface area contributed by atoms with E-state index in [-0.39, 0.29) is 11.9 Å². The number of nitrogens with one attached hydrogen (secondary N) is 1. The fourth-order valence-electron chi connectivity index (χ4n) is 2.49. The maximum atomic E-state index is 12.5. The molecule has 0 radical (unpaired) electrons. The lowest BCUT2D eigenvalue weighted by molar-refractivity contribution is 0.0934. The van der Waals surface area contributed by atoms with Gasteiger partial charge in [0.25, 0.3) is 5.91 Å². The van der Waals surface area contributed by atoms with Gasteiger partial charge in [-0.15, -0.1) is 0 Å². The van der Waals surface area contributed by atoms with Crippen LogP contribution in [0, 0.1) is 0 Å². The van der Waals surface area contributed by atoms with Crippen molar-refractivity contribution in [1.29, 1.82) is 0 Å². The monoisotopic (exact) mass is 312 g/mol. The van der Waals surface area contributed by atoms with E-state index >= 15 is 0 Å². The van der Waals surface area contributed by atoms with Crippen molar-refractivity contribution in [3.63, 3.8) is 0 Å². The zero-order valence-electron chi connectivity index (χ0n) is 13.7. The lowest BCUT2D eigenvalue weighted by Crippen LogP contribution is -2.28. The van der Waals surface area contributed by atoms with Crippen LogP contribution >= 0.6 is 0 Å². The van der Waals surface area contributed by atoms with Gasteiger partial charge in [0.05, 0.1) is 13.2 Å². The molecule has 0 heterocycles. The third-order valence-electron chi connectivity index (χ3n) is 3.82. The van der Waals surface area contributed by atoms with E-state index in [1.54, 1.807) is 31.4 Å². The summed E-state index contributed by atoms with van der Waals surface area (Å²) in [7, 11) is 1.64. The first-order valence-electron chi connectivity index (χ1n) is 7.94. The summed E-state index contributed by atoms with van der Waals surface area (Å²) in [5.74, 6) is 0.708. The molecule has 0 aromatic heterocycles. The number of amides is 1. The van der Waals surface area contributed by atoms with Gasteiger partial charge in [-0.1, -0.05) is 38.0 Å². The highest BCUT2D eigenvalue weighted by Gasteiger charge is 2.15. The zero-order chi connectivity index (χ0) is 16.7. The third kappa shape index (κ3) is 4.74. The second kappa shape index (κ2) is 8.22. The first-order valence-corrected chi connectivity index (χ1v) is 7.94. The van der Waals surface area contributed by atoms with E-state index in [0.717, 1.165) is 30.6 Å². The van der Waals surface area contributed by atoms with Crippen molar-refractivity contribution in [2.45, 2.75) is 32.2 Å². The fraction of sp³-hybridized carbons (Fsp3) is 0.316. The van der Waals surface area contributed by atoms with Crippen molar-refractivity contribution < 1.29 is 9.53 Å². The Bertz CT molecular complexity index is 638. The topological polar surface area (TPSA) is 64.4 Å². The molecule has 2 aromatic carbocycles. The van der Waals surface area contributed by atoms with E-state index in [9.17, 15) is 4.79 Å². The summed E-state index contributed by atoms with van der Waals surface area (Å²) in [5.41, 5.74) is 8.01. The molecule has 0 spiro atoms. The molecule has 3 N–H and O–H groups in total. The number of carbonyl (C=O) groups is 1. The van der Waals surface area contributed by atoms with Crippen molar-refractivity contribution in [2.24, 2.45) is 0 Å². The number of hydrogen-bond donors (Lipinski definition) is 2. The molecular weight excluding hydrogens is 288 g/mol. The summed E-state index contributed by atoms with van der Waals surface area (Å²) in [6.45, 7) is 2.14. The Labute approximate surface area is 137 Å². The Hall–Kier alpha value is -2.49. The normalized spacial score (nSPS) is 11.7. The molecule has 0 aliphatic rings. The van der Waals surface area contributed by atoms with Gasteiger partial charge < -0.3 is 15.8 Å². The van der Waals surface area contributed by atoms with Gasteiger partial charge in [-0.3, -0.25) is 4.79 Å². The van der Waals surface area contributed by atoms with Gasteiger partial charge in [0, 0.05) is 11.3 Å². The summed E-state index contributed by atoms with van der Waals surface area (Å²) < 4.78 is 5.19. The molecule has 0 saturated carbocycles.